The molecule has 0 aromatic heterocycles. The van der Waals surface area contributed by atoms with Crippen molar-refractivity contribution >= 4 is 23.4 Å². The van der Waals surface area contributed by atoms with E-state index in [0.717, 1.165) is 18.2 Å². The zero-order chi connectivity index (χ0) is 24.9. The molecule has 3 aromatic carbocycles. The molecule has 0 saturated carbocycles. The van der Waals surface area contributed by atoms with Gasteiger partial charge < -0.3 is 14.8 Å². The van der Waals surface area contributed by atoms with E-state index in [1.165, 1.54) is 12.1 Å². The average molecular weight is 473 g/mol. The van der Waals surface area contributed by atoms with Gasteiger partial charge in [0.05, 0.1) is 36.3 Å². The number of carbonyl (C=O) groups excluding carboxylic acids is 2. The van der Waals surface area contributed by atoms with Gasteiger partial charge in [-0.2, -0.15) is 4.99 Å². The van der Waals surface area contributed by atoms with Crippen LogP contribution in [-0.2, 0) is 4.74 Å². The molecule has 35 heavy (non-hydrogen) atoms. The molecule has 0 radical (unpaired) electrons. The Balaban J connectivity index is 1.95. The fourth-order valence-electron chi connectivity index (χ4n) is 4.25. The standard InChI is InChI=1S/C26H23N3O6/c1-3-35-20-15-18(14-19(29(32)33)22(20)25(30)34-2)24-21(16-10-6-4-7-11-16)23(27-26(31)28-24)17-12-8-5-9-13-17/h4-15,21,24H,3H2,1-2H3,(H,28,31). The highest BCUT2D eigenvalue weighted by Gasteiger charge is 2.38. The Labute approximate surface area is 201 Å². The van der Waals surface area contributed by atoms with Crippen LogP contribution in [0.2, 0.25) is 0 Å². The summed E-state index contributed by atoms with van der Waals surface area (Å²) in [5, 5.41) is 14.8. The van der Waals surface area contributed by atoms with E-state index in [9.17, 15) is 19.7 Å². The molecule has 9 nitrogen and oxygen atoms in total. The number of urea groups is 1. The molecule has 0 aliphatic carbocycles. The lowest BCUT2D eigenvalue weighted by atomic mass is 9.79. The van der Waals surface area contributed by atoms with Gasteiger partial charge in [-0.05, 0) is 29.7 Å². The van der Waals surface area contributed by atoms with Gasteiger partial charge in [-0.1, -0.05) is 60.7 Å². The molecule has 1 N–H and O–H groups in total. The summed E-state index contributed by atoms with van der Waals surface area (Å²) in [4.78, 5) is 40.7. The highest BCUT2D eigenvalue weighted by Crippen LogP contribution is 2.41. The summed E-state index contributed by atoms with van der Waals surface area (Å²) >= 11 is 0. The molecule has 1 aliphatic rings. The van der Waals surface area contributed by atoms with Gasteiger partial charge in [0.1, 0.15) is 5.75 Å². The Kier molecular flexibility index (Phi) is 6.86. The van der Waals surface area contributed by atoms with Crippen LogP contribution in [0.3, 0.4) is 0 Å². The summed E-state index contributed by atoms with van der Waals surface area (Å²) in [6.45, 7) is 1.87. The van der Waals surface area contributed by atoms with Gasteiger partial charge >= 0.3 is 12.0 Å². The van der Waals surface area contributed by atoms with E-state index in [1.807, 2.05) is 60.7 Å². The van der Waals surface area contributed by atoms with Crippen molar-refractivity contribution in [2.75, 3.05) is 13.7 Å². The molecular weight excluding hydrogens is 450 g/mol. The minimum absolute atomic E-state index is 0.00776. The molecule has 2 atom stereocenters. The molecule has 1 heterocycles. The van der Waals surface area contributed by atoms with E-state index in [-0.39, 0.29) is 17.9 Å². The van der Waals surface area contributed by atoms with Gasteiger partial charge in [0.25, 0.3) is 5.69 Å². The van der Waals surface area contributed by atoms with Gasteiger partial charge in [0, 0.05) is 6.07 Å². The summed E-state index contributed by atoms with van der Waals surface area (Å²) in [6.07, 6.45) is 0. The molecule has 0 bridgehead atoms. The number of nitrogens with zero attached hydrogens (tertiary/aromatic N) is 2. The molecule has 2 amide bonds. The smallest absolute Gasteiger partial charge is 0.348 e. The fraction of sp³-hybridized carbons (Fsp3) is 0.192. The predicted octanol–water partition coefficient (Wildman–Crippen LogP) is 4.82. The number of nitro groups is 1. The molecule has 9 heteroatoms. The zero-order valence-electron chi connectivity index (χ0n) is 19.1. The number of nitrogens with one attached hydrogen (secondary N) is 1. The second-order valence-electron chi connectivity index (χ2n) is 7.77. The Morgan fingerprint density at radius 2 is 1.71 bits per heavy atom. The number of hydrogen-bond donors (Lipinski definition) is 1. The van der Waals surface area contributed by atoms with Crippen molar-refractivity contribution in [1.82, 2.24) is 5.32 Å². The van der Waals surface area contributed by atoms with Crippen LogP contribution in [0.4, 0.5) is 10.5 Å². The highest BCUT2D eigenvalue weighted by molar-refractivity contribution is 6.12. The summed E-state index contributed by atoms with van der Waals surface area (Å²) in [7, 11) is 1.14. The number of hydrogen-bond acceptors (Lipinski definition) is 6. The van der Waals surface area contributed by atoms with Gasteiger partial charge in [-0.3, -0.25) is 10.1 Å². The highest BCUT2D eigenvalue weighted by atomic mass is 16.6. The minimum Gasteiger partial charge on any atom is -0.493 e. The number of rotatable bonds is 7. The quantitative estimate of drug-likeness (QED) is 0.298. The van der Waals surface area contributed by atoms with E-state index < -0.39 is 34.6 Å². The third-order valence-electron chi connectivity index (χ3n) is 5.71. The second kappa shape index (κ2) is 10.2. The SMILES string of the molecule is CCOc1cc(C2NC(=O)N=C(c3ccccc3)C2c2ccccc2)cc([N+](=O)[O-])c1C(=O)OC. The van der Waals surface area contributed by atoms with Crippen LogP contribution in [0.15, 0.2) is 77.8 Å². The van der Waals surface area contributed by atoms with Crippen molar-refractivity contribution in [3.63, 3.8) is 0 Å². The Morgan fingerprint density at radius 1 is 1.06 bits per heavy atom. The van der Waals surface area contributed by atoms with E-state index in [2.05, 4.69) is 10.3 Å². The van der Waals surface area contributed by atoms with E-state index in [0.29, 0.717) is 11.3 Å². The topological polar surface area (TPSA) is 120 Å². The number of ether oxygens (including phenoxy) is 2. The van der Waals surface area contributed by atoms with Crippen molar-refractivity contribution in [1.29, 1.82) is 0 Å². The first kappa shape index (κ1) is 23.6. The van der Waals surface area contributed by atoms with Gasteiger partial charge in [-0.25, -0.2) is 9.59 Å². The average Bonchev–Trinajstić information content (AvgIpc) is 2.88. The zero-order valence-corrected chi connectivity index (χ0v) is 19.1. The maximum absolute atomic E-state index is 12.7. The first-order valence-corrected chi connectivity index (χ1v) is 11.0. The molecule has 0 saturated heterocycles. The lowest BCUT2D eigenvalue weighted by molar-refractivity contribution is -0.385. The summed E-state index contributed by atoms with van der Waals surface area (Å²) in [6, 6.07) is 20.3. The first-order valence-electron chi connectivity index (χ1n) is 11.0. The number of carbonyl (C=O) groups is 2. The monoisotopic (exact) mass is 473 g/mol. The normalized spacial score (nSPS) is 17.2. The number of amides is 2. The minimum atomic E-state index is -0.884. The maximum atomic E-state index is 12.7. The Bertz CT molecular complexity index is 1290. The van der Waals surface area contributed by atoms with E-state index in [1.54, 1.807) is 6.92 Å². The molecule has 2 unspecified atom stereocenters. The van der Waals surface area contributed by atoms with E-state index >= 15 is 0 Å². The van der Waals surface area contributed by atoms with Crippen LogP contribution in [-0.4, -0.2) is 36.4 Å². The van der Waals surface area contributed by atoms with Crippen molar-refractivity contribution in [3.8, 4) is 5.75 Å². The molecule has 4 rings (SSSR count). The van der Waals surface area contributed by atoms with Crippen molar-refractivity contribution in [2.24, 2.45) is 4.99 Å². The van der Waals surface area contributed by atoms with Gasteiger partial charge in [-0.15, -0.1) is 0 Å². The first-order chi connectivity index (χ1) is 16.9. The van der Waals surface area contributed by atoms with Crippen LogP contribution in [0, 0.1) is 10.1 Å². The molecule has 0 spiro atoms. The van der Waals surface area contributed by atoms with Crippen molar-refractivity contribution < 1.29 is 24.0 Å². The number of nitro benzene ring substituents is 1. The van der Waals surface area contributed by atoms with Crippen LogP contribution < -0.4 is 10.1 Å². The van der Waals surface area contributed by atoms with Gasteiger partial charge in [0.15, 0.2) is 5.56 Å². The summed E-state index contributed by atoms with van der Waals surface area (Å²) < 4.78 is 10.4. The van der Waals surface area contributed by atoms with Crippen LogP contribution in [0.5, 0.6) is 5.75 Å². The fourth-order valence-corrected chi connectivity index (χ4v) is 4.25. The maximum Gasteiger partial charge on any atom is 0.348 e. The molecule has 0 fully saturated rings. The second-order valence-corrected chi connectivity index (χ2v) is 7.77. The largest absolute Gasteiger partial charge is 0.493 e. The van der Waals surface area contributed by atoms with Crippen molar-refractivity contribution in [2.45, 2.75) is 18.9 Å². The van der Waals surface area contributed by atoms with Crippen molar-refractivity contribution in [3.05, 3.63) is 105 Å². The molecule has 178 valence electrons. The molecule has 3 aromatic rings. The summed E-state index contributed by atoms with van der Waals surface area (Å²) in [5.74, 6) is -1.34. The Hall–Kier alpha value is -4.53. The molecule has 1 aliphatic heterocycles. The molecular formula is C26H23N3O6. The van der Waals surface area contributed by atoms with Crippen LogP contribution in [0.25, 0.3) is 0 Å². The van der Waals surface area contributed by atoms with Crippen LogP contribution in [0.1, 0.15) is 45.9 Å². The van der Waals surface area contributed by atoms with E-state index in [4.69, 9.17) is 9.47 Å². The summed E-state index contributed by atoms with van der Waals surface area (Å²) in [5.41, 5.74) is 1.80. The number of benzene rings is 3. The number of esters is 1. The third-order valence-corrected chi connectivity index (χ3v) is 5.71. The lowest BCUT2D eigenvalue weighted by Crippen LogP contribution is -2.40. The number of methoxy groups -OCH3 is 1. The van der Waals surface area contributed by atoms with Gasteiger partial charge in [0.2, 0.25) is 0 Å². The lowest BCUT2D eigenvalue weighted by Gasteiger charge is -2.33. The third kappa shape index (κ3) is 4.74. The predicted molar refractivity (Wildman–Crippen MR) is 129 cm³/mol. The Morgan fingerprint density at radius 3 is 2.31 bits per heavy atom. The number of aliphatic imine (C=N–C) groups is 1. The van der Waals surface area contributed by atoms with Crippen LogP contribution >= 0.6 is 0 Å².